The number of hydrogen-bond donors (Lipinski definition) is 3. The lowest BCUT2D eigenvalue weighted by Gasteiger charge is -2.33. The second kappa shape index (κ2) is 8.48. The van der Waals surface area contributed by atoms with Crippen LogP contribution in [0.1, 0.15) is 5.76 Å². The Hall–Kier alpha value is -2.87. The summed E-state index contributed by atoms with van der Waals surface area (Å²) in [6.07, 6.45) is 1.52. The number of anilines is 1. The number of benzene rings is 1. The molecule has 138 valence electrons. The highest BCUT2D eigenvalue weighted by Gasteiger charge is 2.24. The minimum absolute atomic E-state index is 0.208. The molecule has 2 heterocycles. The Morgan fingerprint density at radius 1 is 1.15 bits per heavy atom. The van der Waals surface area contributed by atoms with Crippen LogP contribution in [0.25, 0.3) is 0 Å². The van der Waals surface area contributed by atoms with Crippen LogP contribution in [0.3, 0.4) is 0 Å². The minimum Gasteiger partial charge on any atom is -0.467 e. The number of piperazine rings is 1. The van der Waals surface area contributed by atoms with E-state index in [4.69, 9.17) is 4.42 Å². The van der Waals surface area contributed by atoms with E-state index < -0.39 is 6.03 Å². The Bertz CT molecular complexity index is 743. The Morgan fingerprint density at radius 3 is 2.62 bits per heavy atom. The third-order valence-corrected chi connectivity index (χ3v) is 4.33. The van der Waals surface area contributed by atoms with Crippen molar-refractivity contribution in [2.75, 3.05) is 37.6 Å². The summed E-state index contributed by atoms with van der Waals surface area (Å²) >= 11 is 0. The number of quaternary nitrogens is 1. The topological polar surface area (TPSA) is 79.0 Å². The zero-order valence-corrected chi connectivity index (χ0v) is 14.3. The zero-order chi connectivity index (χ0) is 18.4. The first kappa shape index (κ1) is 17.9. The normalized spacial score (nSPS) is 14.9. The van der Waals surface area contributed by atoms with Crippen molar-refractivity contribution in [1.29, 1.82) is 0 Å². The molecule has 3 N–H and O–H groups in total. The molecule has 0 spiro atoms. The van der Waals surface area contributed by atoms with E-state index in [1.54, 1.807) is 24.3 Å². The molecule has 1 aliphatic heterocycles. The molecule has 0 unspecified atom stereocenters. The molecule has 1 aliphatic rings. The van der Waals surface area contributed by atoms with Crippen molar-refractivity contribution in [2.45, 2.75) is 6.54 Å². The summed E-state index contributed by atoms with van der Waals surface area (Å²) < 4.78 is 18.9. The maximum absolute atomic E-state index is 13.8. The van der Waals surface area contributed by atoms with E-state index in [0.717, 1.165) is 4.90 Å². The van der Waals surface area contributed by atoms with Crippen LogP contribution in [-0.4, -0.2) is 44.7 Å². The smallest absolute Gasteiger partial charge is 0.321 e. The number of nitrogens with zero attached hydrogens (tertiary/aromatic N) is 1. The molecule has 3 rings (SSSR count). The van der Waals surface area contributed by atoms with E-state index in [2.05, 4.69) is 10.6 Å². The fourth-order valence-corrected chi connectivity index (χ4v) is 2.97. The van der Waals surface area contributed by atoms with Crippen LogP contribution in [0, 0.1) is 5.82 Å². The lowest BCUT2D eigenvalue weighted by molar-refractivity contribution is -0.892. The third-order valence-electron chi connectivity index (χ3n) is 4.33. The van der Waals surface area contributed by atoms with Gasteiger partial charge in [-0.3, -0.25) is 10.1 Å². The van der Waals surface area contributed by atoms with Crippen LogP contribution in [0.4, 0.5) is 14.9 Å². The number of amides is 3. The Labute approximate surface area is 150 Å². The van der Waals surface area contributed by atoms with Gasteiger partial charge < -0.3 is 19.5 Å². The van der Waals surface area contributed by atoms with Crippen molar-refractivity contribution < 1.29 is 23.3 Å². The summed E-state index contributed by atoms with van der Waals surface area (Å²) in [5, 5.41) is 4.88. The number of para-hydroxylation sites is 1. The first-order valence-corrected chi connectivity index (χ1v) is 8.55. The van der Waals surface area contributed by atoms with Crippen molar-refractivity contribution in [2.24, 2.45) is 0 Å². The molecule has 2 aromatic rings. The number of imide groups is 1. The number of nitrogens with one attached hydrogen (secondary N) is 3. The molecule has 0 saturated carbocycles. The lowest BCUT2D eigenvalue weighted by atomic mass is 10.2. The monoisotopic (exact) mass is 361 g/mol. The van der Waals surface area contributed by atoms with Crippen molar-refractivity contribution in [1.82, 2.24) is 10.6 Å². The molecule has 26 heavy (non-hydrogen) atoms. The molecular formula is C18H22FN4O3+. The predicted molar refractivity (Wildman–Crippen MR) is 93.3 cm³/mol. The number of halogens is 1. The van der Waals surface area contributed by atoms with Crippen LogP contribution < -0.4 is 20.4 Å². The molecule has 7 nitrogen and oxygen atoms in total. The largest absolute Gasteiger partial charge is 0.467 e. The molecule has 1 fully saturated rings. The number of carbonyl (C=O) groups excluding carboxylic acids is 2. The summed E-state index contributed by atoms with van der Waals surface area (Å²) in [4.78, 5) is 26.8. The molecule has 1 aromatic heterocycles. The fraction of sp³-hybridized carbons (Fsp3) is 0.333. The lowest BCUT2D eigenvalue weighted by Crippen LogP contribution is -3.16. The summed E-state index contributed by atoms with van der Waals surface area (Å²) in [5.41, 5.74) is 0.591. The molecule has 3 amide bonds. The Balaban J connectivity index is 1.39. The van der Waals surface area contributed by atoms with Gasteiger partial charge in [0, 0.05) is 0 Å². The summed E-state index contributed by atoms with van der Waals surface area (Å²) in [5.74, 6) is 0.0423. The highest BCUT2D eigenvalue weighted by molar-refractivity contribution is 5.94. The maximum Gasteiger partial charge on any atom is 0.321 e. The van der Waals surface area contributed by atoms with Gasteiger partial charge in [0.1, 0.15) is 11.6 Å². The summed E-state index contributed by atoms with van der Waals surface area (Å²) in [7, 11) is 0. The van der Waals surface area contributed by atoms with E-state index in [1.807, 2.05) is 11.0 Å². The Kier molecular flexibility index (Phi) is 5.85. The van der Waals surface area contributed by atoms with Crippen LogP contribution in [-0.2, 0) is 11.3 Å². The molecule has 0 radical (unpaired) electrons. The van der Waals surface area contributed by atoms with Crippen molar-refractivity contribution >= 4 is 17.6 Å². The van der Waals surface area contributed by atoms with Gasteiger partial charge in [-0.2, -0.15) is 0 Å². The van der Waals surface area contributed by atoms with Crippen molar-refractivity contribution in [3.05, 3.63) is 54.2 Å². The number of urea groups is 1. The number of carbonyl (C=O) groups is 2. The molecule has 0 aliphatic carbocycles. The SMILES string of the molecule is O=C(C[NH+]1CCN(c2ccccc2F)CC1)NC(=O)NCc1ccco1. The van der Waals surface area contributed by atoms with Gasteiger partial charge in [0.2, 0.25) is 0 Å². The zero-order valence-electron chi connectivity index (χ0n) is 14.3. The standard InChI is InChI=1S/C18H21FN4O3/c19-15-5-1-2-6-16(15)23-9-7-22(8-10-23)13-17(24)21-18(25)20-12-14-4-3-11-26-14/h1-6,11H,7-10,12-13H2,(H2,20,21,24,25)/p+1. The number of furan rings is 1. The average molecular weight is 361 g/mol. The third kappa shape index (κ3) is 4.82. The average Bonchev–Trinajstić information content (AvgIpc) is 3.15. The van der Waals surface area contributed by atoms with Gasteiger partial charge in [-0.1, -0.05) is 12.1 Å². The molecule has 0 bridgehead atoms. The second-order valence-electron chi connectivity index (χ2n) is 6.18. The Morgan fingerprint density at radius 2 is 1.92 bits per heavy atom. The van der Waals surface area contributed by atoms with Crippen LogP contribution in [0.15, 0.2) is 47.1 Å². The maximum atomic E-state index is 13.8. The fourth-order valence-electron chi connectivity index (χ4n) is 2.97. The van der Waals surface area contributed by atoms with Gasteiger partial charge in [0.05, 0.1) is 44.7 Å². The van der Waals surface area contributed by atoms with Crippen LogP contribution in [0.2, 0.25) is 0 Å². The van der Waals surface area contributed by atoms with E-state index in [-0.39, 0.29) is 24.8 Å². The minimum atomic E-state index is -0.546. The number of hydrogen-bond acceptors (Lipinski definition) is 4. The van der Waals surface area contributed by atoms with Gasteiger partial charge in [-0.05, 0) is 24.3 Å². The first-order chi connectivity index (χ1) is 12.6. The van der Waals surface area contributed by atoms with Crippen LogP contribution in [0.5, 0.6) is 0 Å². The summed E-state index contributed by atoms with van der Waals surface area (Å²) in [6.45, 7) is 3.16. The summed E-state index contributed by atoms with van der Waals surface area (Å²) in [6, 6.07) is 9.61. The predicted octanol–water partition coefficient (Wildman–Crippen LogP) is 0.150. The van der Waals surface area contributed by atoms with E-state index >= 15 is 0 Å². The molecule has 0 atom stereocenters. The van der Waals surface area contributed by atoms with E-state index in [0.29, 0.717) is 37.6 Å². The first-order valence-electron chi connectivity index (χ1n) is 8.55. The second-order valence-corrected chi connectivity index (χ2v) is 6.18. The molecule has 8 heteroatoms. The van der Waals surface area contributed by atoms with Gasteiger partial charge >= 0.3 is 6.03 Å². The van der Waals surface area contributed by atoms with Crippen molar-refractivity contribution in [3.63, 3.8) is 0 Å². The highest BCUT2D eigenvalue weighted by atomic mass is 19.1. The van der Waals surface area contributed by atoms with Crippen LogP contribution >= 0.6 is 0 Å². The number of rotatable bonds is 5. The van der Waals surface area contributed by atoms with Gasteiger partial charge in [0.15, 0.2) is 6.54 Å². The van der Waals surface area contributed by atoms with E-state index in [9.17, 15) is 14.0 Å². The van der Waals surface area contributed by atoms with Gasteiger partial charge in [-0.15, -0.1) is 0 Å². The molecule has 1 saturated heterocycles. The highest BCUT2D eigenvalue weighted by Crippen LogP contribution is 2.17. The van der Waals surface area contributed by atoms with E-state index in [1.165, 1.54) is 12.3 Å². The van der Waals surface area contributed by atoms with Crippen molar-refractivity contribution in [3.8, 4) is 0 Å². The van der Waals surface area contributed by atoms with Gasteiger partial charge in [-0.25, -0.2) is 9.18 Å². The molecule has 1 aromatic carbocycles. The quantitative estimate of drug-likeness (QED) is 0.708. The van der Waals surface area contributed by atoms with Gasteiger partial charge in [0.25, 0.3) is 5.91 Å². The molecular weight excluding hydrogens is 339 g/mol.